The van der Waals surface area contributed by atoms with E-state index >= 15 is 0 Å². The molecule has 4 nitrogen and oxygen atoms in total. The third-order valence-electron chi connectivity index (χ3n) is 3.19. The van der Waals surface area contributed by atoms with Gasteiger partial charge >= 0.3 is 5.97 Å². The average Bonchev–Trinajstić information content (AvgIpc) is 2.87. The summed E-state index contributed by atoms with van der Waals surface area (Å²) in [5, 5.41) is 9.81. The van der Waals surface area contributed by atoms with E-state index < -0.39 is 5.97 Å². The van der Waals surface area contributed by atoms with Crippen molar-refractivity contribution in [3.05, 3.63) is 67.0 Å². The second kappa shape index (κ2) is 5.46. The molecule has 106 valence electrons. The van der Waals surface area contributed by atoms with Crippen LogP contribution < -0.4 is 5.56 Å². The van der Waals surface area contributed by atoms with Gasteiger partial charge in [-0.05, 0) is 34.1 Å². The van der Waals surface area contributed by atoms with Crippen LogP contribution in [-0.2, 0) is 6.54 Å². The van der Waals surface area contributed by atoms with Gasteiger partial charge < -0.3 is 9.67 Å². The van der Waals surface area contributed by atoms with Gasteiger partial charge in [0.25, 0.3) is 5.56 Å². The topological polar surface area (TPSA) is 59.3 Å². The number of hydrogen-bond donors (Lipinski definition) is 1. The number of aromatic nitrogens is 1. The number of rotatable bonds is 3. The van der Waals surface area contributed by atoms with Gasteiger partial charge in [0.05, 0.1) is 21.4 Å². The lowest BCUT2D eigenvalue weighted by atomic mass is 10.1. The van der Waals surface area contributed by atoms with Crippen molar-refractivity contribution in [2.24, 2.45) is 0 Å². The van der Waals surface area contributed by atoms with E-state index in [2.05, 4.69) is 15.9 Å². The number of aromatic carboxylic acids is 1. The lowest BCUT2D eigenvalue weighted by molar-refractivity contribution is 0.0698. The van der Waals surface area contributed by atoms with Gasteiger partial charge in [0.15, 0.2) is 0 Å². The monoisotopic (exact) mass is 363 g/mol. The minimum atomic E-state index is -1.09. The normalized spacial score (nSPS) is 10.9. The number of pyridine rings is 1. The van der Waals surface area contributed by atoms with Crippen molar-refractivity contribution in [1.82, 2.24) is 4.57 Å². The summed E-state index contributed by atoms with van der Waals surface area (Å²) >= 11 is 4.95. The Morgan fingerprint density at radius 2 is 2.00 bits per heavy atom. The summed E-state index contributed by atoms with van der Waals surface area (Å²) in [4.78, 5) is 24.6. The molecule has 0 saturated heterocycles. The quantitative estimate of drug-likeness (QED) is 0.773. The zero-order valence-corrected chi connectivity index (χ0v) is 13.1. The molecular weight excluding hydrogens is 354 g/mol. The number of carboxylic acids is 1. The maximum atomic E-state index is 12.3. The molecule has 21 heavy (non-hydrogen) atoms. The smallest absolute Gasteiger partial charge is 0.336 e. The molecule has 0 aliphatic rings. The maximum absolute atomic E-state index is 12.3. The van der Waals surface area contributed by atoms with E-state index in [9.17, 15) is 14.7 Å². The molecule has 1 aromatic carbocycles. The van der Waals surface area contributed by atoms with Gasteiger partial charge in [0.2, 0.25) is 0 Å². The van der Waals surface area contributed by atoms with Gasteiger partial charge in [-0.3, -0.25) is 4.79 Å². The fraction of sp³-hybridized carbons (Fsp3) is 0.0667. The molecular formula is C15H10BrNO3S. The number of halogens is 1. The minimum Gasteiger partial charge on any atom is -0.478 e. The maximum Gasteiger partial charge on any atom is 0.336 e. The predicted molar refractivity (Wildman–Crippen MR) is 86.3 cm³/mol. The molecule has 1 N–H and O–H groups in total. The molecule has 0 saturated carbocycles. The van der Waals surface area contributed by atoms with Crippen LogP contribution in [0.5, 0.6) is 0 Å². The van der Waals surface area contributed by atoms with Gasteiger partial charge in [-0.2, -0.15) is 0 Å². The average molecular weight is 364 g/mol. The van der Waals surface area contributed by atoms with Crippen molar-refractivity contribution in [3.63, 3.8) is 0 Å². The first-order valence-corrected chi connectivity index (χ1v) is 7.77. The molecule has 0 unspecified atom stereocenters. The van der Waals surface area contributed by atoms with E-state index in [-0.39, 0.29) is 11.1 Å². The first kappa shape index (κ1) is 14.0. The summed E-state index contributed by atoms with van der Waals surface area (Å²) in [6, 6.07) is 12.1. The molecule has 3 aromatic rings. The summed E-state index contributed by atoms with van der Waals surface area (Å²) in [6.07, 6.45) is 0. The van der Waals surface area contributed by atoms with Crippen LogP contribution in [0, 0.1) is 0 Å². The zero-order valence-electron chi connectivity index (χ0n) is 10.7. The van der Waals surface area contributed by atoms with Crippen LogP contribution in [-0.4, -0.2) is 15.6 Å². The number of para-hydroxylation sites is 1. The van der Waals surface area contributed by atoms with Crippen LogP contribution in [0.25, 0.3) is 10.9 Å². The lowest BCUT2D eigenvalue weighted by Gasteiger charge is -2.11. The number of nitrogens with zero attached hydrogens (tertiary/aromatic N) is 1. The SMILES string of the molecule is O=C(O)c1cc(=O)n(Cc2ccc(Br)s2)c2ccccc12. The minimum absolute atomic E-state index is 0.0409. The first-order valence-electron chi connectivity index (χ1n) is 6.16. The molecule has 6 heteroatoms. The van der Waals surface area contributed by atoms with E-state index in [4.69, 9.17) is 0 Å². The highest BCUT2D eigenvalue weighted by Crippen LogP contribution is 2.24. The number of carbonyl (C=O) groups is 1. The zero-order chi connectivity index (χ0) is 15.0. The molecule has 0 bridgehead atoms. The summed E-state index contributed by atoms with van der Waals surface area (Å²) in [6.45, 7) is 0.426. The molecule has 0 spiro atoms. The summed E-state index contributed by atoms with van der Waals surface area (Å²) in [7, 11) is 0. The summed E-state index contributed by atoms with van der Waals surface area (Å²) in [5.41, 5.74) is 0.363. The molecule has 2 heterocycles. The molecule has 0 radical (unpaired) electrons. The molecule has 0 fully saturated rings. The predicted octanol–water partition coefficient (Wildman–Crippen LogP) is 3.57. The van der Waals surface area contributed by atoms with Crippen LogP contribution in [0.1, 0.15) is 15.2 Å². The lowest BCUT2D eigenvalue weighted by Crippen LogP contribution is -2.22. The Morgan fingerprint density at radius 1 is 1.24 bits per heavy atom. The molecule has 0 aliphatic heterocycles. The Kier molecular flexibility index (Phi) is 3.65. The van der Waals surface area contributed by atoms with Gasteiger partial charge in [-0.15, -0.1) is 11.3 Å². The van der Waals surface area contributed by atoms with Crippen molar-refractivity contribution < 1.29 is 9.90 Å². The number of hydrogen-bond acceptors (Lipinski definition) is 3. The van der Waals surface area contributed by atoms with Crippen molar-refractivity contribution in [2.45, 2.75) is 6.54 Å². The highest BCUT2D eigenvalue weighted by molar-refractivity contribution is 9.11. The van der Waals surface area contributed by atoms with E-state index in [1.807, 2.05) is 12.1 Å². The molecule has 3 rings (SSSR count). The van der Waals surface area contributed by atoms with Crippen molar-refractivity contribution in [1.29, 1.82) is 0 Å². The van der Waals surface area contributed by atoms with Gasteiger partial charge in [-0.1, -0.05) is 18.2 Å². The fourth-order valence-electron chi connectivity index (χ4n) is 2.27. The molecule has 0 amide bonds. The summed E-state index contributed by atoms with van der Waals surface area (Å²) < 4.78 is 2.59. The third kappa shape index (κ3) is 2.64. The van der Waals surface area contributed by atoms with Crippen molar-refractivity contribution in [2.75, 3.05) is 0 Å². The Bertz CT molecular complexity index is 897. The van der Waals surface area contributed by atoms with E-state index in [0.717, 1.165) is 8.66 Å². The van der Waals surface area contributed by atoms with Crippen LogP contribution in [0.15, 0.2) is 51.0 Å². The van der Waals surface area contributed by atoms with E-state index in [0.29, 0.717) is 17.4 Å². The molecule has 0 aliphatic carbocycles. The van der Waals surface area contributed by atoms with Crippen LogP contribution in [0.4, 0.5) is 0 Å². The van der Waals surface area contributed by atoms with Gasteiger partial charge in [0, 0.05) is 16.3 Å². The van der Waals surface area contributed by atoms with Crippen LogP contribution >= 0.6 is 27.3 Å². The second-order valence-electron chi connectivity index (χ2n) is 4.51. The Hall–Kier alpha value is -1.92. The first-order chi connectivity index (χ1) is 10.1. The highest BCUT2D eigenvalue weighted by Gasteiger charge is 2.14. The van der Waals surface area contributed by atoms with Crippen LogP contribution in [0.3, 0.4) is 0 Å². The number of carboxylic acid groups (broad SMARTS) is 1. The van der Waals surface area contributed by atoms with Crippen LogP contribution in [0.2, 0.25) is 0 Å². The summed E-state index contributed by atoms with van der Waals surface area (Å²) in [5.74, 6) is -1.09. The van der Waals surface area contributed by atoms with Gasteiger partial charge in [0.1, 0.15) is 0 Å². The number of benzene rings is 1. The molecule has 0 atom stereocenters. The fourth-order valence-corrected chi connectivity index (χ4v) is 3.74. The molecule has 2 aromatic heterocycles. The van der Waals surface area contributed by atoms with E-state index in [1.165, 1.54) is 6.07 Å². The van der Waals surface area contributed by atoms with E-state index in [1.54, 1.807) is 40.2 Å². The number of fused-ring (bicyclic) bond motifs is 1. The third-order valence-corrected chi connectivity index (χ3v) is 4.80. The van der Waals surface area contributed by atoms with Gasteiger partial charge in [-0.25, -0.2) is 4.79 Å². The number of thiophene rings is 1. The highest BCUT2D eigenvalue weighted by atomic mass is 79.9. The van der Waals surface area contributed by atoms with Crippen molar-refractivity contribution in [3.8, 4) is 0 Å². The Morgan fingerprint density at radius 3 is 2.67 bits per heavy atom. The second-order valence-corrected chi connectivity index (χ2v) is 7.06. The van der Waals surface area contributed by atoms with Crippen molar-refractivity contribution >= 4 is 44.1 Å². The largest absolute Gasteiger partial charge is 0.478 e. The standard InChI is InChI=1S/C15H10BrNO3S/c16-13-6-5-9(21-13)8-17-12-4-2-1-3-10(12)11(15(19)20)7-14(17)18/h1-7H,8H2,(H,19,20). The Labute approximate surface area is 132 Å². The Balaban J connectivity index is 2.23.